The van der Waals surface area contributed by atoms with Crippen LogP contribution in [-0.4, -0.2) is 18.0 Å². The molecule has 1 N–H and O–H groups in total. The molecule has 0 bridgehead atoms. The average Bonchev–Trinajstić information content (AvgIpc) is 2.48. The molecule has 4 nitrogen and oxygen atoms in total. The van der Waals surface area contributed by atoms with Gasteiger partial charge in [-0.05, 0) is 43.2 Å². The number of pyridine rings is 1. The summed E-state index contributed by atoms with van der Waals surface area (Å²) in [5.41, 5.74) is 2.74. The minimum atomic E-state index is -0.251. The van der Waals surface area contributed by atoms with Gasteiger partial charge in [-0.1, -0.05) is 11.6 Å². The summed E-state index contributed by atoms with van der Waals surface area (Å²) in [4.78, 5) is 16.1. The Kier molecular flexibility index (Phi) is 6.00. The normalized spacial score (nSPS) is 9.71. The van der Waals surface area contributed by atoms with Crippen molar-refractivity contribution in [1.29, 1.82) is 0 Å². The van der Waals surface area contributed by atoms with Gasteiger partial charge in [0.2, 0.25) is 0 Å². The van der Waals surface area contributed by atoms with Crippen molar-refractivity contribution in [2.24, 2.45) is 0 Å². The van der Waals surface area contributed by atoms with E-state index in [1.807, 2.05) is 13.8 Å². The van der Waals surface area contributed by atoms with Crippen LogP contribution in [0.4, 0.5) is 5.69 Å². The second kappa shape index (κ2) is 7.29. The molecule has 0 unspecified atom stereocenters. The van der Waals surface area contributed by atoms with Gasteiger partial charge in [-0.15, -0.1) is 12.4 Å². The molecular formula is C15H16Cl2N2O2. The van der Waals surface area contributed by atoms with E-state index < -0.39 is 0 Å². The highest BCUT2D eigenvalue weighted by Crippen LogP contribution is 2.36. The third kappa shape index (κ3) is 3.65. The van der Waals surface area contributed by atoms with Crippen molar-refractivity contribution in [3.63, 3.8) is 0 Å². The maximum absolute atomic E-state index is 12.2. The molecule has 0 atom stereocenters. The van der Waals surface area contributed by atoms with Gasteiger partial charge < -0.3 is 10.1 Å². The van der Waals surface area contributed by atoms with Crippen LogP contribution in [0.1, 0.15) is 21.5 Å². The highest BCUT2D eigenvalue weighted by Gasteiger charge is 2.16. The minimum Gasteiger partial charge on any atom is -0.495 e. The van der Waals surface area contributed by atoms with Crippen molar-refractivity contribution in [2.75, 3.05) is 12.4 Å². The molecule has 0 spiro atoms. The zero-order valence-corrected chi connectivity index (χ0v) is 13.5. The largest absolute Gasteiger partial charge is 0.495 e. The SMILES string of the molecule is COc1cc(C)c(Cl)c(C)c1NC(=O)c1cccnc1.Cl. The topological polar surface area (TPSA) is 51.2 Å². The van der Waals surface area contributed by atoms with Crippen molar-refractivity contribution < 1.29 is 9.53 Å². The number of benzene rings is 1. The molecule has 0 aliphatic heterocycles. The first-order chi connectivity index (χ1) is 9.54. The van der Waals surface area contributed by atoms with Crippen LogP contribution in [0.25, 0.3) is 0 Å². The van der Waals surface area contributed by atoms with Crippen molar-refractivity contribution in [3.8, 4) is 5.75 Å². The standard InChI is InChI=1S/C15H15ClN2O2.ClH/c1-9-7-12(20-3)14(10(2)13(9)16)18-15(19)11-5-4-6-17-8-11;/h4-8H,1-3H3,(H,18,19);1H. The van der Waals surface area contributed by atoms with Crippen molar-refractivity contribution in [1.82, 2.24) is 4.98 Å². The summed E-state index contributed by atoms with van der Waals surface area (Å²) in [6.07, 6.45) is 3.12. The molecule has 0 aliphatic carbocycles. The monoisotopic (exact) mass is 326 g/mol. The molecule has 6 heteroatoms. The van der Waals surface area contributed by atoms with Crippen LogP contribution >= 0.6 is 24.0 Å². The first kappa shape index (κ1) is 17.3. The summed E-state index contributed by atoms with van der Waals surface area (Å²) in [5.74, 6) is 0.334. The van der Waals surface area contributed by atoms with Crippen LogP contribution in [0.2, 0.25) is 5.02 Å². The fourth-order valence-corrected chi connectivity index (χ4v) is 2.07. The maximum atomic E-state index is 12.2. The van der Waals surface area contributed by atoms with Gasteiger partial charge in [-0.3, -0.25) is 9.78 Å². The van der Waals surface area contributed by atoms with Gasteiger partial charge >= 0.3 is 0 Å². The number of nitrogens with zero attached hydrogens (tertiary/aromatic N) is 1. The molecule has 0 radical (unpaired) electrons. The van der Waals surface area contributed by atoms with Gasteiger partial charge in [0.15, 0.2) is 0 Å². The molecule has 0 saturated carbocycles. The molecule has 1 aromatic heterocycles. The second-order valence-electron chi connectivity index (χ2n) is 4.41. The lowest BCUT2D eigenvalue weighted by Gasteiger charge is -2.15. The molecule has 21 heavy (non-hydrogen) atoms. The molecule has 112 valence electrons. The number of carbonyl (C=O) groups is 1. The fraction of sp³-hybridized carbons (Fsp3) is 0.200. The van der Waals surface area contributed by atoms with E-state index in [0.29, 0.717) is 22.0 Å². The Morgan fingerprint density at radius 3 is 2.67 bits per heavy atom. The molecule has 0 aliphatic rings. The summed E-state index contributed by atoms with van der Waals surface area (Å²) in [7, 11) is 1.56. The quantitative estimate of drug-likeness (QED) is 0.926. The number of aromatic nitrogens is 1. The van der Waals surface area contributed by atoms with E-state index in [-0.39, 0.29) is 18.3 Å². The highest BCUT2D eigenvalue weighted by atomic mass is 35.5. The first-order valence-corrected chi connectivity index (χ1v) is 6.47. The van der Waals surface area contributed by atoms with E-state index in [1.165, 1.54) is 6.20 Å². The lowest BCUT2D eigenvalue weighted by atomic mass is 10.1. The Morgan fingerprint density at radius 2 is 2.10 bits per heavy atom. The van der Waals surface area contributed by atoms with Crippen molar-refractivity contribution >= 4 is 35.6 Å². The number of hydrogen-bond donors (Lipinski definition) is 1. The number of amides is 1. The number of aryl methyl sites for hydroxylation is 1. The van der Waals surface area contributed by atoms with Gasteiger partial charge in [-0.2, -0.15) is 0 Å². The molecule has 1 aromatic carbocycles. The van der Waals surface area contributed by atoms with Crippen molar-refractivity contribution in [3.05, 3.63) is 52.3 Å². The number of rotatable bonds is 3. The van der Waals surface area contributed by atoms with E-state index >= 15 is 0 Å². The van der Waals surface area contributed by atoms with Gasteiger partial charge in [0.05, 0.1) is 18.4 Å². The summed E-state index contributed by atoms with van der Waals surface area (Å²) >= 11 is 6.22. The van der Waals surface area contributed by atoms with Crippen LogP contribution in [0, 0.1) is 13.8 Å². The van der Waals surface area contributed by atoms with E-state index in [2.05, 4.69) is 10.3 Å². The Hall–Kier alpha value is -1.78. The van der Waals surface area contributed by atoms with E-state index in [9.17, 15) is 4.79 Å². The predicted octanol–water partition coefficient (Wildman–Crippen LogP) is 4.03. The summed E-state index contributed by atoms with van der Waals surface area (Å²) in [5, 5.41) is 3.44. The van der Waals surface area contributed by atoms with E-state index in [0.717, 1.165) is 11.1 Å². The molecule has 0 fully saturated rings. The lowest BCUT2D eigenvalue weighted by Crippen LogP contribution is -2.14. The Labute approximate surface area is 134 Å². The zero-order chi connectivity index (χ0) is 14.7. The third-order valence-corrected chi connectivity index (χ3v) is 3.61. The Bertz CT molecular complexity index is 646. The van der Waals surface area contributed by atoms with E-state index in [4.69, 9.17) is 16.3 Å². The number of halogens is 2. The average molecular weight is 327 g/mol. The highest BCUT2D eigenvalue weighted by molar-refractivity contribution is 6.32. The predicted molar refractivity (Wildman–Crippen MR) is 86.9 cm³/mol. The minimum absolute atomic E-state index is 0. The molecule has 2 rings (SSSR count). The number of nitrogens with one attached hydrogen (secondary N) is 1. The molecule has 1 amide bonds. The number of methoxy groups -OCH3 is 1. The van der Waals surface area contributed by atoms with Gasteiger partial charge in [0, 0.05) is 17.4 Å². The van der Waals surface area contributed by atoms with Crippen LogP contribution in [0.5, 0.6) is 5.75 Å². The zero-order valence-electron chi connectivity index (χ0n) is 11.9. The number of ether oxygens (including phenoxy) is 1. The van der Waals surface area contributed by atoms with E-state index in [1.54, 1.807) is 31.5 Å². The maximum Gasteiger partial charge on any atom is 0.257 e. The van der Waals surface area contributed by atoms with Gasteiger partial charge in [0.1, 0.15) is 5.75 Å². The Morgan fingerprint density at radius 1 is 1.38 bits per heavy atom. The van der Waals surface area contributed by atoms with Crippen molar-refractivity contribution in [2.45, 2.75) is 13.8 Å². The fourth-order valence-electron chi connectivity index (χ4n) is 1.92. The van der Waals surface area contributed by atoms with Gasteiger partial charge in [0.25, 0.3) is 5.91 Å². The summed E-state index contributed by atoms with van der Waals surface area (Å²) in [6, 6.07) is 5.20. The molecular weight excluding hydrogens is 311 g/mol. The van der Waals surface area contributed by atoms with Crippen LogP contribution in [0.15, 0.2) is 30.6 Å². The van der Waals surface area contributed by atoms with Crippen LogP contribution in [0.3, 0.4) is 0 Å². The molecule has 0 saturated heterocycles. The Balaban J connectivity index is 0.00000220. The number of hydrogen-bond acceptors (Lipinski definition) is 3. The first-order valence-electron chi connectivity index (χ1n) is 6.09. The van der Waals surface area contributed by atoms with Gasteiger partial charge in [-0.25, -0.2) is 0 Å². The lowest BCUT2D eigenvalue weighted by molar-refractivity contribution is 0.102. The number of carbonyl (C=O) groups excluding carboxylic acids is 1. The van der Waals surface area contributed by atoms with Crippen LogP contribution in [-0.2, 0) is 0 Å². The second-order valence-corrected chi connectivity index (χ2v) is 4.78. The van der Waals surface area contributed by atoms with Crippen LogP contribution < -0.4 is 10.1 Å². The molecule has 1 heterocycles. The summed E-state index contributed by atoms with van der Waals surface area (Å²) < 4.78 is 5.31. The smallest absolute Gasteiger partial charge is 0.257 e. The number of anilines is 1. The third-order valence-electron chi connectivity index (χ3n) is 3.03. The summed E-state index contributed by atoms with van der Waals surface area (Å²) in [6.45, 7) is 3.74. The molecule has 2 aromatic rings.